The second kappa shape index (κ2) is 8.81. The highest BCUT2D eigenvalue weighted by atomic mass is 19.4. The smallest absolute Gasteiger partial charge is 0.388 e. The van der Waals surface area contributed by atoms with Crippen LogP contribution in [-0.4, -0.2) is 63.8 Å². The number of allylic oxidation sites excluding steroid dienone is 3. The molecule has 0 unspecified atom stereocenters. The van der Waals surface area contributed by atoms with E-state index in [1.807, 2.05) is 0 Å². The van der Waals surface area contributed by atoms with Gasteiger partial charge in [0.15, 0.2) is 5.60 Å². The zero-order chi connectivity index (χ0) is 24.2. The van der Waals surface area contributed by atoms with Gasteiger partial charge in [-0.3, -0.25) is 4.90 Å². The molecule has 33 heavy (non-hydrogen) atoms. The standard InChI is InChI=1S/C26H38F3NO3/c1-16(13-30-14-25(33,15-30)26(27,28)29)20-8-9-21-19(5-4-10-24(20,21)3)7-6-18-11-22(31)17(2)23(32)12-18/h6-7,16,20-23,31-33H,2,4-5,8-15H2,1,3H3/b19-7+/t16-,20-,21+,22-,23-,24-/m1/s1. The minimum atomic E-state index is -4.56. The first kappa shape index (κ1) is 25.0. The summed E-state index contributed by atoms with van der Waals surface area (Å²) in [6, 6.07) is 0. The van der Waals surface area contributed by atoms with Gasteiger partial charge in [0.05, 0.1) is 12.2 Å². The Labute approximate surface area is 194 Å². The predicted molar refractivity (Wildman–Crippen MR) is 121 cm³/mol. The first-order chi connectivity index (χ1) is 15.3. The molecule has 0 aromatic rings. The molecule has 0 aromatic carbocycles. The third kappa shape index (κ3) is 4.58. The molecule has 0 radical (unpaired) electrons. The van der Waals surface area contributed by atoms with Gasteiger partial charge in [0.1, 0.15) is 0 Å². The molecule has 4 fully saturated rings. The fraction of sp³-hybridized carbons (Fsp3) is 0.769. The maximum absolute atomic E-state index is 13.0. The lowest BCUT2D eigenvalue weighted by Gasteiger charge is -2.50. The van der Waals surface area contributed by atoms with Gasteiger partial charge in [0.25, 0.3) is 0 Å². The molecule has 4 aliphatic rings. The molecule has 0 bridgehead atoms. The van der Waals surface area contributed by atoms with E-state index in [0.29, 0.717) is 36.8 Å². The van der Waals surface area contributed by atoms with Crippen molar-refractivity contribution < 1.29 is 28.5 Å². The van der Waals surface area contributed by atoms with E-state index < -0.39 is 24.0 Å². The number of aliphatic hydroxyl groups excluding tert-OH is 2. The highest BCUT2D eigenvalue weighted by Crippen LogP contribution is 2.59. The molecular formula is C26H38F3NO3. The molecule has 3 saturated carbocycles. The van der Waals surface area contributed by atoms with Gasteiger partial charge in [-0.1, -0.05) is 43.7 Å². The molecule has 3 aliphatic carbocycles. The van der Waals surface area contributed by atoms with Gasteiger partial charge in [-0.05, 0) is 73.7 Å². The summed E-state index contributed by atoms with van der Waals surface area (Å²) in [6.07, 6.45) is 4.82. The summed E-state index contributed by atoms with van der Waals surface area (Å²) in [4.78, 5) is 1.74. The van der Waals surface area contributed by atoms with Gasteiger partial charge in [-0.25, -0.2) is 0 Å². The minimum Gasteiger partial charge on any atom is -0.388 e. The molecule has 1 heterocycles. The first-order valence-corrected chi connectivity index (χ1v) is 12.3. The Morgan fingerprint density at radius 3 is 2.39 bits per heavy atom. The highest BCUT2D eigenvalue weighted by molar-refractivity contribution is 5.29. The van der Waals surface area contributed by atoms with Crippen molar-refractivity contribution in [2.45, 2.75) is 82.8 Å². The number of aliphatic hydroxyl groups is 3. The number of likely N-dealkylation sites (tertiary alicyclic amines) is 1. The molecule has 0 aromatic heterocycles. The van der Waals surface area contributed by atoms with Crippen molar-refractivity contribution >= 4 is 0 Å². The van der Waals surface area contributed by atoms with Gasteiger partial charge in [-0.15, -0.1) is 0 Å². The number of halogens is 3. The zero-order valence-electron chi connectivity index (χ0n) is 19.7. The third-order valence-corrected chi connectivity index (χ3v) is 9.07. The average Bonchev–Trinajstić information content (AvgIpc) is 3.05. The number of β-amino-alcohol motifs (C(OH)–C–C–N with tert-alkyl or cyclic N) is 1. The molecule has 0 spiro atoms. The lowest BCUT2D eigenvalue weighted by Crippen LogP contribution is -2.69. The molecule has 0 amide bonds. The molecule has 7 heteroatoms. The van der Waals surface area contributed by atoms with Crippen molar-refractivity contribution in [2.75, 3.05) is 19.6 Å². The van der Waals surface area contributed by atoms with E-state index in [0.717, 1.165) is 37.7 Å². The Balaban J connectivity index is 1.41. The van der Waals surface area contributed by atoms with Gasteiger partial charge < -0.3 is 15.3 Å². The number of alkyl halides is 3. The van der Waals surface area contributed by atoms with Crippen LogP contribution in [0.1, 0.15) is 58.8 Å². The van der Waals surface area contributed by atoms with Crippen molar-refractivity contribution in [1.29, 1.82) is 0 Å². The predicted octanol–water partition coefficient (Wildman–Crippen LogP) is 4.37. The Hall–Kier alpha value is -1.15. The Morgan fingerprint density at radius 1 is 1.15 bits per heavy atom. The summed E-state index contributed by atoms with van der Waals surface area (Å²) in [7, 11) is 0. The summed E-state index contributed by atoms with van der Waals surface area (Å²) < 4.78 is 38.9. The maximum Gasteiger partial charge on any atom is 0.419 e. The summed E-state index contributed by atoms with van der Waals surface area (Å²) in [5.41, 5.74) is 0.547. The number of rotatable bonds is 4. The van der Waals surface area contributed by atoms with Gasteiger partial charge >= 0.3 is 6.18 Å². The van der Waals surface area contributed by atoms with Gasteiger partial charge in [0.2, 0.25) is 0 Å². The van der Waals surface area contributed by atoms with Gasteiger partial charge in [0, 0.05) is 19.6 Å². The summed E-state index contributed by atoms with van der Waals surface area (Å²) in [6.45, 7) is 8.23. The monoisotopic (exact) mass is 469 g/mol. The topological polar surface area (TPSA) is 63.9 Å². The van der Waals surface area contributed by atoms with E-state index in [-0.39, 0.29) is 24.4 Å². The van der Waals surface area contributed by atoms with Crippen LogP contribution in [0.3, 0.4) is 0 Å². The largest absolute Gasteiger partial charge is 0.419 e. The van der Waals surface area contributed by atoms with E-state index in [1.54, 1.807) is 4.90 Å². The van der Waals surface area contributed by atoms with Crippen LogP contribution in [0.4, 0.5) is 13.2 Å². The van der Waals surface area contributed by atoms with E-state index >= 15 is 0 Å². The molecule has 6 atom stereocenters. The van der Waals surface area contributed by atoms with Crippen LogP contribution in [0.15, 0.2) is 35.5 Å². The zero-order valence-corrected chi connectivity index (χ0v) is 19.7. The van der Waals surface area contributed by atoms with Crippen LogP contribution < -0.4 is 0 Å². The van der Waals surface area contributed by atoms with Crippen molar-refractivity contribution in [3.05, 3.63) is 35.5 Å². The summed E-state index contributed by atoms with van der Waals surface area (Å²) >= 11 is 0. The summed E-state index contributed by atoms with van der Waals surface area (Å²) in [5, 5.41) is 30.0. The van der Waals surface area contributed by atoms with Crippen LogP contribution >= 0.6 is 0 Å². The van der Waals surface area contributed by atoms with Gasteiger partial charge in [-0.2, -0.15) is 13.2 Å². The number of fused-ring (bicyclic) bond motifs is 1. The van der Waals surface area contributed by atoms with Crippen LogP contribution in [0.25, 0.3) is 0 Å². The number of nitrogens with zero attached hydrogens (tertiary/aromatic N) is 1. The Morgan fingerprint density at radius 2 is 1.79 bits per heavy atom. The van der Waals surface area contributed by atoms with Crippen LogP contribution in [0, 0.1) is 23.2 Å². The van der Waals surface area contributed by atoms with Crippen LogP contribution in [0.2, 0.25) is 0 Å². The SMILES string of the molecule is C=C1[C@H](O)CC(=C/C=C2\CCC[C@]3(C)[C@@H]([C@H](C)CN4CC(O)(C(F)(F)F)C4)CC[C@@H]23)C[C@H]1O. The minimum absolute atomic E-state index is 0.132. The average molecular weight is 470 g/mol. The van der Waals surface area contributed by atoms with Crippen LogP contribution in [-0.2, 0) is 0 Å². The summed E-state index contributed by atoms with van der Waals surface area (Å²) in [5.74, 6) is 1.18. The molecule has 3 N–H and O–H groups in total. The molecule has 4 rings (SSSR count). The van der Waals surface area contributed by atoms with Crippen molar-refractivity contribution in [1.82, 2.24) is 4.90 Å². The van der Waals surface area contributed by atoms with E-state index in [2.05, 4.69) is 32.6 Å². The fourth-order valence-electron chi connectivity index (χ4n) is 7.18. The molecular weight excluding hydrogens is 431 g/mol. The van der Waals surface area contributed by atoms with Crippen molar-refractivity contribution in [3.8, 4) is 0 Å². The lowest BCUT2D eigenvalue weighted by atomic mass is 9.61. The second-order valence-electron chi connectivity index (χ2n) is 11.4. The maximum atomic E-state index is 13.0. The highest BCUT2D eigenvalue weighted by Gasteiger charge is 2.61. The Bertz CT molecular complexity index is 813. The van der Waals surface area contributed by atoms with E-state index in [9.17, 15) is 28.5 Å². The van der Waals surface area contributed by atoms with Crippen molar-refractivity contribution in [3.63, 3.8) is 0 Å². The molecule has 1 saturated heterocycles. The third-order valence-electron chi connectivity index (χ3n) is 9.07. The quantitative estimate of drug-likeness (QED) is 0.535. The Kier molecular flexibility index (Phi) is 6.66. The number of hydrogen-bond acceptors (Lipinski definition) is 4. The second-order valence-corrected chi connectivity index (χ2v) is 11.4. The lowest BCUT2D eigenvalue weighted by molar-refractivity contribution is -0.302. The molecule has 4 nitrogen and oxygen atoms in total. The molecule has 186 valence electrons. The van der Waals surface area contributed by atoms with E-state index in [4.69, 9.17) is 0 Å². The van der Waals surface area contributed by atoms with Crippen LogP contribution in [0.5, 0.6) is 0 Å². The van der Waals surface area contributed by atoms with Crippen molar-refractivity contribution in [2.24, 2.45) is 23.2 Å². The van der Waals surface area contributed by atoms with E-state index in [1.165, 1.54) is 5.57 Å². The normalized spacial score (nSPS) is 39.3. The molecule has 1 aliphatic heterocycles. The first-order valence-electron chi connectivity index (χ1n) is 12.3. The number of hydrogen-bond donors (Lipinski definition) is 3. The fourth-order valence-corrected chi connectivity index (χ4v) is 7.18.